The molecule has 0 aliphatic carbocycles. The zero-order valence-corrected chi connectivity index (χ0v) is 11.8. The van der Waals surface area contributed by atoms with Gasteiger partial charge < -0.3 is 5.73 Å². The summed E-state index contributed by atoms with van der Waals surface area (Å²) in [5.74, 6) is -0.0926. The topological polar surface area (TPSA) is 43.8 Å². The van der Waals surface area contributed by atoms with Gasteiger partial charge in [-0.25, -0.2) is 9.37 Å². The number of halogens is 2. The smallest absolute Gasteiger partial charge is 0.206 e. The zero-order valence-electron chi connectivity index (χ0n) is 10.2. The van der Waals surface area contributed by atoms with E-state index in [0.717, 1.165) is 15.7 Å². The van der Waals surface area contributed by atoms with Crippen LogP contribution in [0.25, 0.3) is 16.7 Å². The Balaban J connectivity index is 2.33. The predicted molar refractivity (Wildman–Crippen MR) is 77.9 cm³/mol. The van der Waals surface area contributed by atoms with Gasteiger partial charge >= 0.3 is 0 Å². The van der Waals surface area contributed by atoms with Gasteiger partial charge in [0.25, 0.3) is 0 Å². The number of benzene rings is 2. The van der Waals surface area contributed by atoms with Crippen LogP contribution in [0.15, 0.2) is 40.9 Å². The molecular formula is C14H11BrFN3. The molecule has 3 nitrogen and oxygen atoms in total. The summed E-state index contributed by atoms with van der Waals surface area (Å²) in [6.45, 7) is 2.00. The first-order valence-corrected chi connectivity index (χ1v) is 6.56. The standard InChI is InChI=1S/C14H11BrFN3/c1-8-5-6-9(7-10(8)15)19-12-4-2-3-11(16)13(12)18-14(19)17/h2-7H,1H3,(H2,17,18). The lowest BCUT2D eigenvalue weighted by molar-refractivity contribution is 0.637. The fourth-order valence-electron chi connectivity index (χ4n) is 2.08. The average molecular weight is 320 g/mol. The van der Waals surface area contributed by atoms with E-state index in [4.69, 9.17) is 5.73 Å². The van der Waals surface area contributed by atoms with Crippen LogP contribution in [-0.2, 0) is 0 Å². The summed E-state index contributed by atoms with van der Waals surface area (Å²) in [6.07, 6.45) is 0. The number of anilines is 1. The monoisotopic (exact) mass is 319 g/mol. The van der Waals surface area contributed by atoms with Crippen LogP contribution in [0.3, 0.4) is 0 Å². The number of hydrogen-bond acceptors (Lipinski definition) is 2. The minimum absolute atomic E-state index is 0.274. The van der Waals surface area contributed by atoms with E-state index in [2.05, 4.69) is 20.9 Å². The molecule has 3 rings (SSSR count). The van der Waals surface area contributed by atoms with Gasteiger partial charge in [-0.3, -0.25) is 4.57 Å². The van der Waals surface area contributed by atoms with Crippen LogP contribution in [0.1, 0.15) is 5.56 Å². The largest absolute Gasteiger partial charge is 0.369 e. The maximum absolute atomic E-state index is 13.7. The van der Waals surface area contributed by atoms with Crippen molar-refractivity contribution in [1.82, 2.24) is 9.55 Å². The van der Waals surface area contributed by atoms with Gasteiger partial charge in [0.1, 0.15) is 5.52 Å². The van der Waals surface area contributed by atoms with Crippen LogP contribution >= 0.6 is 15.9 Å². The van der Waals surface area contributed by atoms with Gasteiger partial charge in [0.05, 0.1) is 11.2 Å². The van der Waals surface area contributed by atoms with Crippen LogP contribution in [0.5, 0.6) is 0 Å². The summed E-state index contributed by atoms with van der Waals surface area (Å²) >= 11 is 3.49. The molecule has 0 fully saturated rings. The maximum atomic E-state index is 13.7. The quantitative estimate of drug-likeness (QED) is 0.741. The molecule has 0 aliphatic rings. The second-order valence-electron chi connectivity index (χ2n) is 4.35. The van der Waals surface area contributed by atoms with Crippen molar-refractivity contribution >= 4 is 32.9 Å². The van der Waals surface area contributed by atoms with Crippen molar-refractivity contribution in [2.75, 3.05) is 5.73 Å². The molecule has 3 aromatic rings. The summed E-state index contributed by atoms with van der Waals surface area (Å²) in [4.78, 5) is 4.09. The zero-order chi connectivity index (χ0) is 13.6. The number of nitrogens with two attached hydrogens (primary N) is 1. The normalized spacial score (nSPS) is 11.1. The highest BCUT2D eigenvalue weighted by molar-refractivity contribution is 9.10. The van der Waals surface area contributed by atoms with Crippen molar-refractivity contribution in [3.05, 3.63) is 52.3 Å². The molecule has 19 heavy (non-hydrogen) atoms. The Hall–Kier alpha value is -1.88. The van der Waals surface area contributed by atoms with Gasteiger partial charge in [0.15, 0.2) is 5.82 Å². The molecule has 0 saturated carbocycles. The number of nitrogens with zero attached hydrogens (tertiary/aromatic N) is 2. The predicted octanol–water partition coefficient (Wildman–Crippen LogP) is 3.82. The molecule has 1 heterocycles. The SMILES string of the molecule is Cc1ccc(-n2c(N)nc3c(F)cccc32)cc1Br. The number of rotatable bonds is 1. The molecule has 0 radical (unpaired) electrons. The molecule has 0 atom stereocenters. The van der Waals surface area contributed by atoms with Crippen molar-refractivity contribution in [3.8, 4) is 5.69 Å². The molecule has 0 unspecified atom stereocenters. The molecule has 2 N–H and O–H groups in total. The van der Waals surface area contributed by atoms with E-state index in [1.54, 1.807) is 16.7 Å². The second kappa shape index (κ2) is 4.35. The number of hydrogen-bond donors (Lipinski definition) is 1. The molecule has 0 bridgehead atoms. The van der Waals surface area contributed by atoms with E-state index in [1.807, 2.05) is 25.1 Å². The maximum Gasteiger partial charge on any atom is 0.206 e. The lowest BCUT2D eigenvalue weighted by Crippen LogP contribution is -2.00. The highest BCUT2D eigenvalue weighted by atomic mass is 79.9. The van der Waals surface area contributed by atoms with Crippen molar-refractivity contribution in [1.29, 1.82) is 0 Å². The average Bonchev–Trinajstić information content (AvgIpc) is 2.71. The third-order valence-electron chi connectivity index (χ3n) is 3.08. The fraction of sp³-hybridized carbons (Fsp3) is 0.0714. The lowest BCUT2D eigenvalue weighted by Gasteiger charge is -2.08. The summed E-state index contributed by atoms with van der Waals surface area (Å²) in [5, 5.41) is 0. The molecule has 0 amide bonds. The Morgan fingerprint density at radius 3 is 2.79 bits per heavy atom. The van der Waals surface area contributed by atoms with Gasteiger partial charge in [-0.15, -0.1) is 0 Å². The lowest BCUT2D eigenvalue weighted by atomic mass is 10.2. The molecule has 0 aliphatic heterocycles. The Kier molecular flexibility index (Phi) is 2.78. The van der Waals surface area contributed by atoms with Crippen LogP contribution in [0.2, 0.25) is 0 Å². The molecular weight excluding hydrogens is 309 g/mol. The van der Waals surface area contributed by atoms with Crippen molar-refractivity contribution in [2.24, 2.45) is 0 Å². The number of imidazole rings is 1. The number of para-hydroxylation sites is 1. The minimum atomic E-state index is -0.367. The van der Waals surface area contributed by atoms with Crippen LogP contribution in [0, 0.1) is 12.7 Å². The summed E-state index contributed by atoms with van der Waals surface area (Å²) in [7, 11) is 0. The molecule has 1 aromatic heterocycles. The van der Waals surface area contributed by atoms with Gasteiger partial charge in [-0.05, 0) is 36.8 Å². The van der Waals surface area contributed by atoms with Gasteiger partial charge in [-0.1, -0.05) is 28.1 Å². The summed E-state index contributed by atoms with van der Waals surface area (Å²) in [6, 6.07) is 10.7. The second-order valence-corrected chi connectivity index (χ2v) is 5.20. The number of nitrogen functional groups attached to an aromatic ring is 1. The molecule has 5 heteroatoms. The fourth-order valence-corrected chi connectivity index (χ4v) is 2.44. The van der Waals surface area contributed by atoms with E-state index in [0.29, 0.717) is 5.52 Å². The first-order chi connectivity index (χ1) is 9.08. The van der Waals surface area contributed by atoms with Crippen LogP contribution in [0.4, 0.5) is 10.3 Å². The summed E-state index contributed by atoms with van der Waals surface area (Å²) in [5.41, 5.74) is 8.83. The Morgan fingerprint density at radius 1 is 1.26 bits per heavy atom. The number of fused-ring (bicyclic) bond motifs is 1. The number of aryl methyl sites for hydroxylation is 1. The van der Waals surface area contributed by atoms with Gasteiger partial charge in [0, 0.05) is 4.47 Å². The number of aromatic nitrogens is 2. The summed E-state index contributed by atoms with van der Waals surface area (Å²) < 4.78 is 16.4. The highest BCUT2D eigenvalue weighted by Gasteiger charge is 2.13. The van der Waals surface area contributed by atoms with Crippen molar-refractivity contribution in [2.45, 2.75) is 6.92 Å². The molecule has 0 saturated heterocycles. The highest BCUT2D eigenvalue weighted by Crippen LogP contribution is 2.27. The molecule has 2 aromatic carbocycles. The van der Waals surface area contributed by atoms with E-state index in [9.17, 15) is 4.39 Å². The first-order valence-electron chi connectivity index (χ1n) is 5.77. The Morgan fingerprint density at radius 2 is 2.05 bits per heavy atom. The van der Waals surface area contributed by atoms with Gasteiger partial charge in [0.2, 0.25) is 5.95 Å². The third-order valence-corrected chi connectivity index (χ3v) is 3.93. The van der Waals surface area contributed by atoms with E-state index in [1.165, 1.54) is 6.07 Å². The van der Waals surface area contributed by atoms with Crippen LogP contribution < -0.4 is 5.73 Å². The Labute approximate surface area is 118 Å². The van der Waals surface area contributed by atoms with Crippen molar-refractivity contribution in [3.63, 3.8) is 0 Å². The minimum Gasteiger partial charge on any atom is -0.369 e. The van der Waals surface area contributed by atoms with Gasteiger partial charge in [-0.2, -0.15) is 0 Å². The van der Waals surface area contributed by atoms with Crippen molar-refractivity contribution < 1.29 is 4.39 Å². The van der Waals surface area contributed by atoms with E-state index in [-0.39, 0.29) is 17.3 Å². The molecule has 96 valence electrons. The Bertz CT molecular complexity index is 780. The van der Waals surface area contributed by atoms with E-state index < -0.39 is 0 Å². The van der Waals surface area contributed by atoms with Crippen LogP contribution in [-0.4, -0.2) is 9.55 Å². The van der Waals surface area contributed by atoms with E-state index >= 15 is 0 Å². The first kappa shape index (κ1) is 12.2. The third kappa shape index (κ3) is 1.90. The molecule has 0 spiro atoms.